The highest BCUT2D eigenvalue weighted by Crippen LogP contribution is 2.39. The third kappa shape index (κ3) is 3.81. The van der Waals surface area contributed by atoms with E-state index in [1.54, 1.807) is 12.1 Å². The van der Waals surface area contributed by atoms with E-state index in [1.165, 1.54) is 0 Å². The molecular weight excluding hydrogens is 320 g/mol. The topological polar surface area (TPSA) is 43.4 Å². The molecule has 0 bridgehead atoms. The zero-order chi connectivity index (χ0) is 17.4. The van der Waals surface area contributed by atoms with Crippen LogP contribution in [0.2, 0.25) is 0 Å². The molecule has 0 radical (unpaired) electrons. The smallest absolute Gasteiger partial charge is 0.263 e. The Balaban J connectivity index is 1.72. The van der Waals surface area contributed by atoms with Crippen molar-refractivity contribution in [3.8, 4) is 0 Å². The zero-order valence-electron chi connectivity index (χ0n) is 14.7. The van der Waals surface area contributed by atoms with E-state index in [0.29, 0.717) is 5.92 Å². The van der Waals surface area contributed by atoms with Gasteiger partial charge in [-0.1, -0.05) is 51.1 Å². The second-order valence-corrected chi connectivity index (χ2v) is 9.47. The van der Waals surface area contributed by atoms with E-state index in [0.717, 1.165) is 36.5 Å². The molecule has 1 aliphatic carbocycles. The molecule has 0 saturated heterocycles. The average Bonchev–Trinajstić information content (AvgIpc) is 2.53. The molecule has 0 spiro atoms. The Hall–Kier alpha value is -1.39. The fourth-order valence-corrected chi connectivity index (χ4v) is 4.75. The molecule has 3 nitrogen and oxygen atoms in total. The van der Waals surface area contributed by atoms with Crippen LogP contribution in [0.5, 0.6) is 0 Å². The normalized spacial score (nSPS) is 22.6. The van der Waals surface area contributed by atoms with Crippen LogP contribution >= 0.6 is 0 Å². The van der Waals surface area contributed by atoms with Gasteiger partial charge in [0.2, 0.25) is 0 Å². The van der Waals surface area contributed by atoms with Crippen molar-refractivity contribution in [2.75, 3.05) is 0 Å². The predicted octanol–water partition coefficient (Wildman–Crippen LogP) is 5.15. The lowest BCUT2D eigenvalue weighted by Crippen LogP contribution is -2.30. The number of rotatable bonds is 3. The van der Waals surface area contributed by atoms with Gasteiger partial charge in [-0.2, -0.15) is 8.42 Å². The van der Waals surface area contributed by atoms with E-state index in [-0.39, 0.29) is 16.4 Å². The summed E-state index contributed by atoms with van der Waals surface area (Å²) in [5.41, 5.74) is 0.280. The molecule has 0 atom stereocenters. The minimum absolute atomic E-state index is 0.194. The first-order valence-corrected chi connectivity index (χ1v) is 10.1. The quantitative estimate of drug-likeness (QED) is 0.722. The Bertz CT molecular complexity index is 810. The van der Waals surface area contributed by atoms with Crippen LogP contribution in [-0.4, -0.2) is 14.5 Å². The highest BCUT2D eigenvalue weighted by molar-refractivity contribution is 7.86. The molecule has 0 N–H and O–H groups in total. The maximum atomic E-state index is 12.6. The number of hydrogen-bond acceptors (Lipinski definition) is 3. The van der Waals surface area contributed by atoms with Gasteiger partial charge in [0.1, 0.15) is 0 Å². The van der Waals surface area contributed by atoms with E-state index in [4.69, 9.17) is 4.18 Å². The van der Waals surface area contributed by atoms with Crippen molar-refractivity contribution in [1.29, 1.82) is 0 Å². The van der Waals surface area contributed by atoms with Crippen molar-refractivity contribution in [1.82, 2.24) is 0 Å². The van der Waals surface area contributed by atoms with Crippen LogP contribution in [0, 0.1) is 11.3 Å². The second kappa shape index (κ2) is 6.49. The average molecular weight is 346 g/mol. The minimum Gasteiger partial charge on any atom is -0.263 e. The van der Waals surface area contributed by atoms with Crippen molar-refractivity contribution in [3.05, 3.63) is 42.5 Å². The zero-order valence-corrected chi connectivity index (χ0v) is 15.5. The van der Waals surface area contributed by atoms with Crippen LogP contribution in [-0.2, 0) is 14.3 Å². The second-order valence-electron chi connectivity index (χ2n) is 7.90. The highest BCUT2D eigenvalue weighted by atomic mass is 32.2. The Morgan fingerprint density at radius 1 is 0.917 bits per heavy atom. The predicted molar refractivity (Wildman–Crippen MR) is 97.4 cm³/mol. The molecule has 1 fully saturated rings. The molecule has 1 saturated carbocycles. The van der Waals surface area contributed by atoms with Gasteiger partial charge in [-0.3, -0.25) is 4.18 Å². The summed E-state index contributed by atoms with van der Waals surface area (Å²) in [5.74, 6) is 0.640. The van der Waals surface area contributed by atoms with E-state index in [2.05, 4.69) is 20.8 Å². The molecular formula is C20H26O3S. The molecule has 2 aromatic carbocycles. The number of benzene rings is 2. The summed E-state index contributed by atoms with van der Waals surface area (Å²) >= 11 is 0. The van der Waals surface area contributed by atoms with E-state index >= 15 is 0 Å². The van der Waals surface area contributed by atoms with Gasteiger partial charge in [0.15, 0.2) is 0 Å². The fourth-order valence-electron chi connectivity index (χ4n) is 3.58. The largest absolute Gasteiger partial charge is 0.297 e. The van der Waals surface area contributed by atoms with Crippen LogP contribution in [0.3, 0.4) is 0 Å². The molecule has 3 rings (SSSR count). The molecule has 130 valence electrons. The Morgan fingerprint density at radius 2 is 1.54 bits per heavy atom. The molecule has 24 heavy (non-hydrogen) atoms. The summed E-state index contributed by atoms with van der Waals surface area (Å²) in [4.78, 5) is 0.249. The first-order chi connectivity index (χ1) is 11.3. The molecule has 1 aliphatic rings. The molecule has 0 heterocycles. The van der Waals surface area contributed by atoms with Gasteiger partial charge < -0.3 is 0 Å². The van der Waals surface area contributed by atoms with Crippen LogP contribution in [0.15, 0.2) is 47.4 Å². The third-order valence-corrected chi connectivity index (χ3v) is 6.53. The standard InChI is InChI=1S/C20H26O3S/c1-20(2,3)17-9-11-18(12-10-17)23-24(21,22)19-13-8-15-6-4-5-7-16(15)14-19/h4-8,13-14,17-18H,9-12H2,1-3H3. The van der Waals surface area contributed by atoms with Gasteiger partial charge in [0, 0.05) is 0 Å². The molecule has 0 unspecified atom stereocenters. The summed E-state index contributed by atoms with van der Waals surface area (Å²) in [5, 5.41) is 1.95. The number of fused-ring (bicyclic) bond motifs is 1. The Labute approximate surface area is 145 Å². The third-order valence-electron chi connectivity index (χ3n) is 5.17. The maximum absolute atomic E-state index is 12.6. The highest BCUT2D eigenvalue weighted by Gasteiger charge is 2.32. The van der Waals surface area contributed by atoms with Gasteiger partial charge in [0.25, 0.3) is 10.1 Å². The van der Waals surface area contributed by atoms with E-state index in [1.807, 2.05) is 30.3 Å². The summed E-state index contributed by atoms with van der Waals surface area (Å²) < 4.78 is 30.7. The summed E-state index contributed by atoms with van der Waals surface area (Å²) in [7, 11) is -3.70. The van der Waals surface area contributed by atoms with Gasteiger partial charge in [-0.25, -0.2) is 0 Å². The van der Waals surface area contributed by atoms with Crippen LogP contribution in [0.1, 0.15) is 46.5 Å². The van der Waals surface area contributed by atoms with Gasteiger partial charge in [0.05, 0.1) is 11.0 Å². The van der Waals surface area contributed by atoms with Gasteiger partial charge in [-0.15, -0.1) is 0 Å². The van der Waals surface area contributed by atoms with Gasteiger partial charge >= 0.3 is 0 Å². The van der Waals surface area contributed by atoms with Crippen molar-refractivity contribution in [3.63, 3.8) is 0 Å². The van der Waals surface area contributed by atoms with E-state index in [9.17, 15) is 8.42 Å². The molecule has 2 aromatic rings. The first-order valence-electron chi connectivity index (χ1n) is 8.68. The van der Waals surface area contributed by atoms with Crippen molar-refractivity contribution < 1.29 is 12.6 Å². The fraction of sp³-hybridized carbons (Fsp3) is 0.500. The van der Waals surface area contributed by atoms with Crippen LogP contribution in [0.4, 0.5) is 0 Å². The van der Waals surface area contributed by atoms with Crippen LogP contribution < -0.4 is 0 Å². The summed E-state index contributed by atoms with van der Waals surface area (Å²) in [6.45, 7) is 6.76. The molecule has 0 aliphatic heterocycles. The lowest BCUT2D eigenvalue weighted by atomic mass is 9.72. The van der Waals surface area contributed by atoms with E-state index < -0.39 is 10.1 Å². The molecule has 0 aromatic heterocycles. The van der Waals surface area contributed by atoms with Crippen molar-refractivity contribution in [2.24, 2.45) is 11.3 Å². The molecule has 4 heteroatoms. The lowest BCUT2D eigenvalue weighted by molar-refractivity contribution is 0.0924. The summed E-state index contributed by atoms with van der Waals surface area (Å²) in [6, 6.07) is 12.9. The Kier molecular flexibility index (Phi) is 4.71. The SMILES string of the molecule is CC(C)(C)C1CCC(OS(=O)(=O)c2ccc3ccccc3c2)CC1. The van der Waals surface area contributed by atoms with Crippen molar-refractivity contribution in [2.45, 2.75) is 57.5 Å². The monoisotopic (exact) mass is 346 g/mol. The number of hydrogen-bond donors (Lipinski definition) is 0. The first kappa shape index (κ1) is 17.4. The van der Waals surface area contributed by atoms with Crippen LogP contribution in [0.25, 0.3) is 10.8 Å². The minimum atomic E-state index is -3.70. The van der Waals surface area contributed by atoms with Crippen molar-refractivity contribution >= 4 is 20.9 Å². The Morgan fingerprint density at radius 3 is 2.17 bits per heavy atom. The van der Waals surface area contributed by atoms with Gasteiger partial charge in [-0.05, 0) is 59.9 Å². The summed E-state index contributed by atoms with van der Waals surface area (Å²) in [6.07, 6.45) is 3.49. The molecule has 0 amide bonds. The maximum Gasteiger partial charge on any atom is 0.297 e. The lowest BCUT2D eigenvalue weighted by Gasteiger charge is -2.36.